The number of nitrogens with zero attached hydrogens (tertiary/aromatic N) is 3. The second kappa shape index (κ2) is 8.80. The summed E-state index contributed by atoms with van der Waals surface area (Å²) in [5.74, 6) is -0.725. The van der Waals surface area contributed by atoms with Crippen molar-refractivity contribution in [2.45, 2.75) is 63.7 Å². The molecule has 3 unspecified atom stereocenters. The number of likely N-dealkylation sites (tertiary alicyclic amines) is 1. The maximum absolute atomic E-state index is 15.9. The molecule has 3 saturated heterocycles. The molecule has 8 nitrogen and oxygen atoms in total. The van der Waals surface area contributed by atoms with Crippen LogP contribution in [0.2, 0.25) is 0 Å². The van der Waals surface area contributed by atoms with Crippen LogP contribution in [-0.4, -0.2) is 45.5 Å². The van der Waals surface area contributed by atoms with Crippen molar-refractivity contribution in [3.8, 4) is 0 Å². The SMILES string of the molecule is CC.CC12CN(Cc3ccno3)CCC1(c1ccc3ncc(C4CCC(=O)NC4=O)cc3c1F)O2. The average Bonchev–Trinajstić information content (AvgIpc) is 3.17. The maximum Gasteiger partial charge on any atom is 0.234 e. The first-order valence-electron chi connectivity index (χ1n) is 12.1. The zero-order valence-corrected chi connectivity index (χ0v) is 20.1. The minimum absolute atomic E-state index is 0.261. The number of rotatable bonds is 4. The summed E-state index contributed by atoms with van der Waals surface area (Å²) in [6.45, 7) is 8.04. The van der Waals surface area contributed by atoms with Gasteiger partial charge in [-0.2, -0.15) is 0 Å². The highest BCUT2D eigenvalue weighted by Gasteiger charge is 2.70. The molecule has 5 heterocycles. The van der Waals surface area contributed by atoms with Gasteiger partial charge in [0.25, 0.3) is 0 Å². The van der Waals surface area contributed by atoms with Crippen LogP contribution in [0.25, 0.3) is 10.9 Å². The Hall–Kier alpha value is -3.17. The lowest BCUT2D eigenvalue weighted by Gasteiger charge is -2.32. The fourth-order valence-electron chi connectivity index (χ4n) is 5.50. The van der Waals surface area contributed by atoms with E-state index in [0.717, 1.165) is 12.3 Å². The second-order valence-electron chi connectivity index (χ2n) is 9.37. The van der Waals surface area contributed by atoms with Gasteiger partial charge >= 0.3 is 0 Å². The van der Waals surface area contributed by atoms with Crippen LogP contribution >= 0.6 is 0 Å². The summed E-state index contributed by atoms with van der Waals surface area (Å²) in [7, 11) is 0. The van der Waals surface area contributed by atoms with Crippen molar-refractivity contribution >= 4 is 22.7 Å². The number of benzene rings is 1. The standard InChI is InChI=1S/C24H23FN4O4.C2H6/c1-23-13-29(12-15-6-8-27-32-15)9-7-24(23,33-23)18-3-4-19-17(21(18)25)10-14(11-26-19)16-2-5-20(30)28-22(16)31;1-2/h3-4,6,8,10-11,16H,2,5,7,9,12-13H2,1H3,(H,28,30,31);1-2H3. The topological polar surface area (TPSA) is 101 Å². The van der Waals surface area contributed by atoms with Crippen LogP contribution < -0.4 is 5.32 Å². The van der Waals surface area contributed by atoms with Crippen molar-refractivity contribution in [2.75, 3.05) is 13.1 Å². The Morgan fingerprint density at radius 3 is 2.80 bits per heavy atom. The van der Waals surface area contributed by atoms with Gasteiger partial charge in [0, 0.05) is 42.7 Å². The minimum Gasteiger partial charge on any atom is -0.360 e. The highest BCUT2D eigenvalue weighted by Crippen LogP contribution is 2.61. The van der Waals surface area contributed by atoms with Gasteiger partial charge in [0.2, 0.25) is 11.8 Å². The van der Waals surface area contributed by atoms with Crippen molar-refractivity contribution in [3.05, 3.63) is 59.4 Å². The van der Waals surface area contributed by atoms with E-state index in [1.54, 1.807) is 30.6 Å². The number of carbonyl (C=O) groups excluding carboxylic acids is 2. The number of epoxide rings is 1. The predicted molar refractivity (Wildman–Crippen MR) is 126 cm³/mol. The number of aromatic nitrogens is 2. The van der Waals surface area contributed by atoms with Crippen molar-refractivity contribution in [1.82, 2.24) is 20.4 Å². The summed E-state index contributed by atoms with van der Waals surface area (Å²) in [5.41, 5.74) is 0.470. The molecule has 3 aliphatic rings. The first kappa shape index (κ1) is 23.6. The molecule has 2 amide bonds. The largest absolute Gasteiger partial charge is 0.360 e. The lowest BCUT2D eigenvalue weighted by molar-refractivity contribution is -0.134. The molecule has 0 radical (unpaired) electrons. The number of fused-ring (bicyclic) bond motifs is 2. The van der Waals surface area contributed by atoms with Gasteiger partial charge in [-0.05, 0) is 37.5 Å². The highest BCUT2D eigenvalue weighted by molar-refractivity contribution is 6.01. The van der Waals surface area contributed by atoms with Crippen LogP contribution in [0.3, 0.4) is 0 Å². The zero-order chi connectivity index (χ0) is 24.8. The minimum atomic E-state index is -0.687. The second-order valence-corrected chi connectivity index (χ2v) is 9.37. The Balaban J connectivity index is 0.00000124. The van der Waals surface area contributed by atoms with Crippen LogP contribution in [0.4, 0.5) is 4.39 Å². The van der Waals surface area contributed by atoms with Gasteiger partial charge < -0.3 is 9.26 Å². The average molecular weight is 481 g/mol. The van der Waals surface area contributed by atoms with Gasteiger partial charge in [0.05, 0.1) is 24.2 Å². The maximum atomic E-state index is 15.9. The van der Waals surface area contributed by atoms with E-state index in [1.165, 1.54) is 0 Å². The third-order valence-electron chi connectivity index (χ3n) is 7.29. The van der Waals surface area contributed by atoms with Crippen LogP contribution in [0, 0.1) is 5.82 Å². The molecule has 9 heteroatoms. The number of halogens is 1. The Morgan fingerprint density at radius 1 is 1.26 bits per heavy atom. The summed E-state index contributed by atoms with van der Waals surface area (Å²) in [4.78, 5) is 30.4. The zero-order valence-electron chi connectivity index (χ0n) is 20.1. The number of ether oxygens (including phenoxy) is 1. The fraction of sp³-hybridized carbons (Fsp3) is 0.462. The Labute approximate surface area is 202 Å². The highest BCUT2D eigenvalue weighted by atomic mass is 19.1. The van der Waals surface area contributed by atoms with Gasteiger partial charge in [-0.1, -0.05) is 25.1 Å². The lowest BCUT2D eigenvalue weighted by atomic mass is 9.80. The molecule has 2 aromatic heterocycles. The summed E-state index contributed by atoms with van der Waals surface area (Å²) < 4.78 is 27.4. The third kappa shape index (κ3) is 3.92. The van der Waals surface area contributed by atoms with Crippen LogP contribution in [-0.2, 0) is 26.5 Å². The quantitative estimate of drug-likeness (QED) is 0.448. The molecule has 0 saturated carbocycles. The molecule has 3 aliphatic heterocycles. The number of hydrogen-bond acceptors (Lipinski definition) is 7. The van der Waals surface area contributed by atoms with Crippen molar-refractivity contribution in [2.24, 2.45) is 0 Å². The van der Waals surface area contributed by atoms with E-state index in [1.807, 2.05) is 26.8 Å². The summed E-state index contributed by atoms with van der Waals surface area (Å²) >= 11 is 0. The van der Waals surface area contributed by atoms with E-state index in [2.05, 4.69) is 20.4 Å². The Morgan fingerprint density at radius 2 is 2.09 bits per heavy atom. The van der Waals surface area contributed by atoms with Gasteiger partial charge in [-0.25, -0.2) is 4.39 Å². The Kier molecular flexibility index (Phi) is 5.93. The number of pyridine rings is 1. The summed E-state index contributed by atoms with van der Waals surface area (Å²) in [5, 5.41) is 6.48. The van der Waals surface area contributed by atoms with E-state index in [0.29, 0.717) is 48.0 Å². The molecule has 1 N–H and O–H groups in total. The van der Waals surface area contributed by atoms with Gasteiger partial charge in [0.15, 0.2) is 5.76 Å². The first-order valence-corrected chi connectivity index (χ1v) is 12.1. The summed E-state index contributed by atoms with van der Waals surface area (Å²) in [6.07, 6.45) is 4.53. The van der Waals surface area contributed by atoms with Crippen LogP contribution in [0.15, 0.2) is 41.2 Å². The third-order valence-corrected chi connectivity index (χ3v) is 7.29. The van der Waals surface area contributed by atoms with Crippen molar-refractivity contribution in [1.29, 1.82) is 0 Å². The number of piperidine rings is 2. The van der Waals surface area contributed by atoms with Gasteiger partial charge in [0.1, 0.15) is 17.0 Å². The van der Waals surface area contributed by atoms with E-state index >= 15 is 4.39 Å². The molecular weight excluding hydrogens is 451 g/mol. The number of carbonyl (C=O) groups is 2. The molecule has 0 aliphatic carbocycles. The fourth-order valence-corrected chi connectivity index (χ4v) is 5.50. The molecule has 184 valence electrons. The Bertz CT molecular complexity index is 1280. The lowest BCUT2D eigenvalue weighted by Crippen LogP contribution is -2.44. The molecule has 35 heavy (non-hydrogen) atoms. The van der Waals surface area contributed by atoms with E-state index in [4.69, 9.17) is 9.26 Å². The van der Waals surface area contributed by atoms with Gasteiger partial charge in [-0.15, -0.1) is 0 Å². The van der Waals surface area contributed by atoms with Crippen molar-refractivity contribution in [3.63, 3.8) is 0 Å². The number of nitrogens with one attached hydrogen (secondary N) is 1. The molecule has 3 aromatic rings. The molecule has 0 spiro atoms. The van der Waals surface area contributed by atoms with E-state index in [-0.39, 0.29) is 24.1 Å². The molecular formula is C26H29FN4O4. The number of imide groups is 1. The van der Waals surface area contributed by atoms with Gasteiger partial charge in [-0.3, -0.25) is 24.8 Å². The smallest absolute Gasteiger partial charge is 0.234 e. The molecule has 3 atom stereocenters. The number of hydrogen-bond donors (Lipinski definition) is 1. The normalized spacial score (nSPS) is 28.2. The summed E-state index contributed by atoms with van der Waals surface area (Å²) in [6, 6.07) is 7.11. The molecule has 1 aromatic carbocycles. The molecule has 0 bridgehead atoms. The first-order chi connectivity index (χ1) is 16.9. The predicted octanol–water partition coefficient (Wildman–Crippen LogP) is 3.80. The number of amides is 2. The van der Waals surface area contributed by atoms with E-state index in [9.17, 15) is 9.59 Å². The van der Waals surface area contributed by atoms with Crippen molar-refractivity contribution < 1.29 is 23.2 Å². The monoisotopic (exact) mass is 480 g/mol. The van der Waals surface area contributed by atoms with Crippen LogP contribution in [0.1, 0.15) is 62.8 Å². The van der Waals surface area contributed by atoms with Crippen LogP contribution in [0.5, 0.6) is 0 Å². The molecule has 3 fully saturated rings. The van der Waals surface area contributed by atoms with E-state index < -0.39 is 17.1 Å². The molecule has 6 rings (SSSR count).